The molecule has 6 heteroatoms. The molecular formula is C13H16BNO3S. The first-order chi connectivity index (χ1) is 8.89. The number of hydrogen-bond donors (Lipinski definition) is 0. The highest BCUT2D eigenvalue weighted by atomic mass is 32.1. The van der Waals surface area contributed by atoms with Gasteiger partial charge in [-0.1, -0.05) is 0 Å². The molecule has 0 aromatic carbocycles. The molecule has 0 saturated carbocycles. The summed E-state index contributed by atoms with van der Waals surface area (Å²) >= 11 is 1.53. The molecule has 0 amide bonds. The zero-order valence-electron chi connectivity index (χ0n) is 11.5. The van der Waals surface area contributed by atoms with Crippen LogP contribution in [-0.2, 0) is 9.31 Å². The molecule has 0 radical (unpaired) electrons. The Morgan fingerprint density at radius 2 is 1.84 bits per heavy atom. The van der Waals surface area contributed by atoms with Crippen molar-refractivity contribution in [3.05, 3.63) is 23.8 Å². The van der Waals surface area contributed by atoms with E-state index in [1.807, 2.05) is 45.2 Å². The van der Waals surface area contributed by atoms with Crippen LogP contribution in [-0.4, -0.2) is 23.3 Å². The average Bonchev–Trinajstić information content (AvgIpc) is 3.00. The van der Waals surface area contributed by atoms with Crippen molar-refractivity contribution in [2.45, 2.75) is 38.9 Å². The third kappa shape index (κ3) is 2.14. The molecule has 100 valence electrons. The molecule has 0 unspecified atom stereocenters. The second kappa shape index (κ2) is 4.20. The lowest BCUT2D eigenvalue weighted by atomic mass is 9.86. The largest absolute Gasteiger partial charge is 0.515 e. The van der Waals surface area contributed by atoms with Crippen LogP contribution in [0.3, 0.4) is 0 Å². The van der Waals surface area contributed by atoms with Gasteiger partial charge in [0.05, 0.1) is 23.1 Å². The molecular weight excluding hydrogens is 261 g/mol. The predicted octanol–water partition coefficient (Wildman–Crippen LogP) is 2.70. The average molecular weight is 277 g/mol. The molecule has 1 aliphatic rings. The molecule has 2 aromatic heterocycles. The summed E-state index contributed by atoms with van der Waals surface area (Å²) in [4.78, 5) is 4.54. The summed E-state index contributed by atoms with van der Waals surface area (Å²) in [5.74, 6) is 0.771. The Hall–Kier alpha value is -1.11. The summed E-state index contributed by atoms with van der Waals surface area (Å²) in [7, 11) is -0.412. The lowest BCUT2D eigenvalue weighted by Crippen LogP contribution is -2.41. The zero-order chi connectivity index (χ0) is 13.7. The van der Waals surface area contributed by atoms with Crippen molar-refractivity contribution >= 4 is 24.0 Å². The maximum atomic E-state index is 5.97. The highest BCUT2D eigenvalue weighted by molar-refractivity contribution is 7.14. The van der Waals surface area contributed by atoms with Gasteiger partial charge in [0.1, 0.15) is 0 Å². The van der Waals surface area contributed by atoms with E-state index in [1.165, 1.54) is 11.3 Å². The Bertz CT molecular complexity index is 560. The molecule has 1 fully saturated rings. The van der Waals surface area contributed by atoms with Crippen LogP contribution in [0.25, 0.3) is 10.8 Å². The zero-order valence-corrected chi connectivity index (χ0v) is 12.3. The fourth-order valence-corrected chi connectivity index (χ4v) is 2.66. The highest BCUT2D eigenvalue weighted by Gasteiger charge is 2.52. The van der Waals surface area contributed by atoms with Crippen molar-refractivity contribution in [1.29, 1.82) is 0 Å². The topological polar surface area (TPSA) is 44.5 Å². The van der Waals surface area contributed by atoms with Crippen LogP contribution in [0.2, 0.25) is 0 Å². The first kappa shape index (κ1) is 12.9. The summed E-state index contributed by atoms with van der Waals surface area (Å²) < 4.78 is 17.3. The van der Waals surface area contributed by atoms with E-state index in [0.29, 0.717) is 0 Å². The van der Waals surface area contributed by atoms with E-state index < -0.39 is 7.12 Å². The molecule has 0 aliphatic carbocycles. The minimum absolute atomic E-state index is 0.341. The lowest BCUT2D eigenvalue weighted by molar-refractivity contribution is 0.00578. The van der Waals surface area contributed by atoms with Gasteiger partial charge >= 0.3 is 7.12 Å². The van der Waals surface area contributed by atoms with Gasteiger partial charge in [0.15, 0.2) is 10.8 Å². The molecule has 3 heterocycles. The van der Waals surface area contributed by atoms with Gasteiger partial charge in [0.2, 0.25) is 0 Å². The summed E-state index contributed by atoms with van der Waals surface area (Å²) in [5.41, 5.74) is 0.119. The quantitative estimate of drug-likeness (QED) is 0.792. The SMILES string of the molecule is CC1(C)OB(c2csc(-c3ccco3)n2)OC1(C)C. The third-order valence-corrected chi connectivity index (χ3v) is 4.62. The Kier molecular flexibility index (Phi) is 2.85. The Balaban J connectivity index is 1.85. The van der Waals surface area contributed by atoms with Crippen LogP contribution >= 0.6 is 11.3 Å². The van der Waals surface area contributed by atoms with E-state index in [4.69, 9.17) is 13.7 Å². The summed E-state index contributed by atoms with van der Waals surface area (Å²) in [5, 5.41) is 2.80. The van der Waals surface area contributed by atoms with Crippen LogP contribution in [0.15, 0.2) is 28.2 Å². The minimum atomic E-state index is -0.412. The van der Waals surface area contributed by atoms with Crippen LogP contribution in [0.5, 0.6) is 0 Å². The fourth-order valence-electron chi connectivity index (χ4n) is 1.87. The minimum Gasteiger partial charge on any atom is -0.462 e. The van der Waals surface area contributed by atoms with Crippen LogP contribution in [0, 0.1) is 0 Å². The molecule has 0 atom stereocenters. The summed E-state index contributed by atoms with van der Waals surface area (Å²) in [6.45, 7) is 8.14. The van der Waals surface area contributed by atoms with Gasteiger partial charge in [-0.25, -0.2) is 4.98 Å². The second-order valence-electron chi connectivity index (χ2n) is 5.64. The van der Waals surface area contributed by atoms with Crippen molar-refractivity contribution < 1.29 is 13.7 Å². The predicted molar refractivity (Wildman–Crippen MR) is 75.5 cm³/mol. The van der Waals surface area contributed by atoms with Gasteiger partial charge in [-0.15, -0.1) is 11.3 Å². The number of aromatic nitrogens is 1. The number of hydrogen-bond acceptors (Lipinski definition) is 5. The molecule has 2 aromatic rings. The van der Waals surface area contributed by atoms with Crippen molar-refractivity contribution in [3.8, 4) is 10.8 Å². The Morgan fingerprint density at radius 1 is 1.16 bits per heavy atom. The van der Waals surface area contributed by atoms with Crippen molar-refractivity contribution in [3.63, 3.8) is 0 Å². The Labute approximate surface area is 116 Å². The van der Waals surface area contributed by atoms with E-state index >= 15 is 0 Å². The first-order valence-electron chi connectivity index (χ1n) is 6.24. The highest BCUT2D eigenvalue weighted by Crippen LogP contribution is 2.36. The maximum absolute atomic E-state index is 5.97. The number of furan rings is 1. The third-order valence-electron chi connectivity index (χ3n) is 3.75. The van der Waals surface area contributed by atoms with Crippen molar-refractivity contribution in [2.24, 2.45) is 0 Å². The van der Waals surface area contributed by atoms with E-state index in [9.17, 15) is 0 Å². The molecule has 0 spiro atoms. The van der Waals surface area contributed by atoms with Crippen molar-refractivity contribution in [1.82, 2.24) is 4.98 Å². The molecule has 1 saturated heterocycles. The molecule has 0 bridgehead atoms. The Morgan fingerprint density at radius 3 is 2.42 bits per heavy atom. The van der Waals surface area contributed by atoms with E-state index in [0.717, 1.165) is 16.4 Å². The number of nitrogens with zero attached hydrogens (tertiary/aromatic N) is 1. The molecule has 1 aliphatic heterocycles. The molecule has 3 rings (SSSR count). The summed E-state index contributed by atoms with van der Waals surface area (Å²) in [6, 6.07) is 3.75. The summed E-state index contributed by atoms with van der Waals surface area (Å²) in [6.07, 6.45) is 1.64. The smallest absolute Gasteiger partial charge is 0.462 e. The lowest BCUT2D eigenvalue weighted by Gasteiger charge is -2.32. The van der Waals surface area contributed by atoms with E-state index in [-0.39, 0.29) is 11.2 Å². The normalized spacial score (nSPS) is 20.9. The fraction of sp³-hybridized carbons (Fsp3) is 0.462. The van der Waals surface area contributed by atoms with Gasteiger partial charge < -0.3 is 13.7 Å². The number of rotatable bonds is 2. The van der Waals surface area contributed by atoms with E-state index in [1.54, 1.807) is 6.26 Å². The van der Waals surface area contributed by atoms with Gasteiger partial charge in [-0.05, 0) is 39.8 Å². The van der Waals surface area contributed by atoms with Crippen LogP contribution in [0.1, 0.15) is 27.7 Å². The van der Waals surface area contributed by atoms with Gasteiger partial charge in [0.25, 0.3) is 0 Å². The van der Waals surface area contributed by atoms with E-state index in [2.05, 4.69) is 4.98 Å². The molecule has 0 N–H and O–H groups in total. The van der Waals surface area contributed by atoms with Crippen molar-refractivity contribution in [2.75, 3.05) is 0 Å². The molecule has 19 heavy (non-hydrogen) atoms. The monoisotopic (exact) mass is 277 g/mol. The number of thiazole rings is 1. The van der Waals surface area contributed by atoms with Crippen LogP contribution in [0.4, 0.5) is 0 Å². The standard InChI is InChI=1S/C13H16BNO3S/c1-12(2)13(3,4)18-14(17-12)10-8-19-11(15-10)9-6-5-7-16-9/h5-8H,1-4H3. The van der Waals surface area contributed by atoms with Gasteiger partial charge in [-0.2, -0.15) is 0 Å². The second-order valence-corrected chi connectivity index (χ2v) is 6.50. The first-order valence-corrected chi connectivity index (χ1v) is 7.12. The van der Waals surface area contributed by atoms with Gasteiger partial charge in [0, 0.05) is 5.38 Å². The maximum Gasteiger partial charge on any atom is 0.515 e. The van der Waals surface area contributed by atoms with Crippen LogP contribution < -0.4 is 5.59 Å². The molecule has 4 nitrogen and oxygen atoms in total. The van der Waals surface area contributed by atoms with Gasteiger partial charge in [-0.3, -0.25) is 0 Å².